The first-order chi connectivity index (χ1) is 38.9. The van der Waals surface area contributed by atoms with Crippen molar-refractivity contribution in [3.63, 3.8) is 0 Å². The van der Waals surface area contributed by atoms with E-state index in [-0.39, 0.29) is 25.7 Å². The lowest BCUT2D eigenvalue weighted by Gasteiger charge is -2.21. The lowest BCUT2D eigenvalue weighted by molar-refractivity contribution is -0.161. The number of aliphatic hydroxyl groups is 1. The molecule has 0 amide bonds. The van der Waals surface area contributed by atoms with Crippen LogP contribution >= 0.6 is 15.6 Å². The van der Waals surface area contributed by atoms with Crippen molar-refractivity contribution in [1.29, 1.82) is 0 Å². The maximum absolute atomic E-state index is 13.0. The van der Waals surface area contributed by atoms with E-state index >= 15 is 0 Å². The Bertz CT molecular complexity index is 1600. The first-order valence-electron chi connectivity index (χ1n) is 32.5. The molecule has 2 unspecified atom stereocenters. The third-order valence-electron chi connectivity index (χ3n) is 14.2. The van der Waals surface area contributed by atoms with Gasteiger partial charge in [0.15, 0.2) is 12.2 Å². The van der Waals surface area contributed by atoms with E-state index in [9.17, 15) is 43.2 Å². The molecule has 3 N–H and O–H groups in total. The molecular formula is C62H120O17P2. The average Bonchev–Trinajstić information content (AvgIpc) is 3.42. The van der Waals surface area contributed by atoms with Gasteiger partial charge in [-0.2, -0.15) is 0 Å². The molecule has 5 atom stereocenters. The highest BCUT2D eigenvalue weighted by atomic mass is 31.2. The second-order valence-corrected chi connectivity index (χ2v) is 26.3. The maximum Gasteiger partial charge on any atom is 0.472 e. The molecule has 0 aromatic rings. The van der Waals surface area contributed by atoms with Crippen molar-refractivity contribution < 1.29 is 80.2 Å². The van der Waals surface area contributed by atoms with Gasteiger partial charge in [-0.3, -0.25) is 37.3 Å². The van der Waals surface area contributed by atoms with Crippen LogP contribution in [0.3, 0.4) is 0 Å². The molecule has 0 fully saturated rings. The molecule has 17 nitrogen and oxygen atoms in total. The molecule has 0 aliphatic heterocycles. The summed E-state index contributed by atoms with van der Waals surface area (Å²) in [6, 6.07) is 0. The van der Waals surface area contributed by atoms with Gasteiger partial charge in [-0.25, -0.2) is 9.13 Å². The van der Waals surface area contributed by atoms with Crippen LogP contribution in [0.4, 0.5) is 0 Å². The van der Waals surface area contributed by atoms with E-state index < -0.39 is 97.5 Å². The number of unbranched alkanes of at least 4 members (excludes halogenated alkanes) is 31. The molecule has 0 radical (unpaired) electrons. The molecule has 0 aliphatic carbocycles. The molecule has 0 bridgehead atoms. The minimum atomic E-state index is -4.94. The number of phosphoric acid groups is 2. The van der Waals surface area contributed by atoms with Gasteiger partial charge in [-0.05, 0) is 37.5 Å². The highest BCUT2D eigenvalue weighted by Crippen LogP contribution is 2.45. The fourth-order valence-electron chi connectivity index (χ4n) is 9.18. The summed E-state index contributed by atoms with van der Waals surface area (Å²) in [5.41, 5.74) is 0. The SMILES string of the molecule is CCCCCCCCCCCCC(=O)O[C@H](COC(=O)CCCCCCC)COP(=O)(O)OC[C@H](O)COP(=O)(O)OC[C@@H](COC(=O)CCCCCCCCCCCCC(C)C)OC(=O)CCCCCCCCCCCCC(C)C. The predicted octanol–water partition coefficient (Wildman–Crippen LogP) is 16.9. The van der Waals surface area contributed by atoms with Gasteiger partial charge in [0.05, 0.1) is 26.4 Å². The Morgan fingerprint density at radius 1 is 0.333 bits per heavy atom. The molecule has 0 heterocycles. The van der Waals surface area contributed by atoms with E-state index in [1.165, 1.54) is 116 Å². The van der Waals surface area contributed by atoms with Gasteiger partial charge < -0.3 is 33.8 Å². The van der Waals surface area contributed by atoms with Gasteiger partial charge in [0.1, 0.15) is 19.3 Å². The maximum atomic E-state index is 13.0. The van der Waals surface area contributed by atoms with Gasteiger partial charge in [0.2, 0.25) is 0 Å². The van der Waals surface area contributed by atoms with Crippen molar-refractivity contribution in [3.05, 3.63) is 0 Å². The summed E-state index contributed by atoms with van der Waals surface area (Å²) in [4.78, 5) is 71.9. The number of ether oxygens (including phenoxy) is 4. The molecule has 0 saturated heterocycles. The smallest absolute Gasteiger partial charge is 0.462 e. The van der Waals surface area contributed by atoms with Gasteiger partial charge in [-0.1, -0.05) is 253 Å². The van der Waals surface area contributed by atoms with Crippen LogP contribution in [0, 0.1) is 11.8 Å². The van der Waals surface area contributed by atoms with Crippen molar-refractivity contribution in [2.45, 2.75) is 323 Å². The summed E-state index contributed by atoms with van der Waals surface area (Å²) in [6.07, 6.45) is 36.5. The largest absolute Gasteiger partial charge is 0.472 e. The number of carbonyl (C=O) groups excluding carboxylic acids is 4. The summed E-state index contributed by atoms with van der Waals surface area (Å²) in [5.74, 6) is -0.637. The zero-order valence-electron chi connectivity index (χ0n) is 52.1. The zero-order valence-corrected chi connectivity index (χ0v) is 53.9. The number of aliphatic hydroxyl groups excluding tert-OH is 1. The van der Waals surface area contributed by atoms with Crippen LogP contribution in [0.1, 0.15) is 305 Å². The second-order valence-electron chi connectivity index (χ2n) is 23.4. The monoisotopic (exact) mass is 1200 g/mol. The fourth-order valence-corrected chi connectivity index (χ4v) is 10.8. The van der Waals surface area contributed by atoms with Crippen LogP contribution in [0.15, 0.2) is 0 Å². The quantitative estimate of drug-likeness (QED) is 0.0222. The van der Waals surface area contributed by atoms with Crippen LogP contribution in [0.25, 0.3) is 0 Å². The summed E-state index contributed by atoms with van der Waals surface area (Å²) >= 11 is 0. The van der Waals surface area contributed by atoms with Crippen LogP contribution in [-0.4, -0.2) is 96.7 Å². The Labute approximate surface area is 492 Å². The van der Waals surface area contributed by atoms with Gasteiger partial charge in [0, 0.05) is 25.7 Å². The molecular weight excluding hydrogens is 1080 g/mol. The number of hydrogen-bond donors (Lipinski definition) is 3. The van der Waals surface area contributed by atoms with E-state index in [2.05, 4.69) is 41.5 Å². The molecule has 81 heavy (non-hydrogen) atoms. The van der Waals surface area contributed by atoms with Crippen LogP contribution in [-0.2, 0) is 65.4 Å². The minimum Gasteiger partial charge on any atom is -0.462 e. The average molecular weight is 1200 g/mol. The first-order valence-corrected chi connectivity index (χ1v) is 35.5. The Kier molecular flexibility index (Phi) is 53.4. The van der Waals surface area contributed by atoms with E-state index in [0.29, 0.717) is 25.7 Å². The van der Waals surface area contributed by atoms with Crippen molar-refractivity contribution in [3.8, 4) is 0 Å². The van der Waals surface area contributed by atoms with E-state index in [0.717, 1.165) is 108 Å². The molecule has 0 aliphatic rings. The highest BCUT2D eigenvalue weighted by Gasteiger charge is 2.30. The molecule has 480 valence electrons. The van der Waals surface area contributed by atoms with E-state index in [1.807, 2.05) is 0 Å². The summed E-state index contributed by atoms with van der Waals surface area (Å²) in [7, 11) is -9.87. The summed E-state index contributed by atoms with van der Waals surface area (Å²) in [6.45, 7) is 9.37. The summed E-state index contributed by atoms with van der Waals surface area (Å²) in [5, 5.41) is 10.5. The topological polar surface area (TPSA) is 237 Å². The van der Waals surface area contributed by atoms with Gasteiger partial charge in [0.25, 0.3) is 0 Å². The van der Waals surface area contributed by atoms with Crippen molar-refractivity contribution in [1.82, 2.24) is 0 Å². The van der Waals surface area contributed by atoms with E-state index in [4.69, 9.17) is 37.0 Å². The molecule has 0 spiro atoms. The first kappa shape index (κ1) is 79.1. The number of phosphoric ester groups is 2. The zero-order chi connectivity index (χ0) is 60.1. The summed E-state index contributed by atoms with van der Waals surface area (Å²) < 4.78 is 67.7. The fraction of sp³-hybridized carbons (Fsp3) is 0.935. The van der Waals surface area contributed by atoms with Crippen LogP contribution in [0.2, 0.25) is 0 Å². The van der Waals surface area contributed by atoms with Crippen molar-refractivity contribution >= 4 is 39.5 Å². The Balaban J connectivity index is 5.18. The Morgan fingerprint density at radius 2 is 0.568 bits per heavy atom. The van der Waals surface area contributed by atoms with Crippen molar-refractivity contribution in [2.75, 3.05) is 39.6 Å². The van der Waals surface area contributed by atoms with Crippen LogP contribution < -0.4 is 0 Å². The number of rotatable bonds is 61. The van der Waals surface area contributed by atoms with Gasteiger partial charge >= 0.3 is 39.5 Å². The second kappa shape index (κ2) is 54.7. The van der Waals surface area contributed by atoms with E-state index in [1.54, 1.807) is 0 Å². The number of carbonyl (C=O) groups is 4. The predicted molar refractivity (Wildman–Crippen MR) is 321 cm³/mol. The van der Waals surface area contributed by atoms with Crippen LogP contribution in [0.5, 0.6) is 0 Å². The highest BCUT2D eigenvalue weighted by molar-refractivity contribution is 7.47. The minimum absolute atomic E-state index is 0.105. The Morgan fingerprint density at radius 3 is 0.840 bits per heavy atom. The van der Waals surface area contributed by atoms with Gasteiger partial charge in [-0.15, -0.1) is 0 Å². The third kappa shape index (κ3) is 56.9. The van der Waals surface area contributed by atoms with Crippen molar-refractivity contribution in [2.24, 2.45) is 11.8 Å². The molecule has 19 heteroatoms. The standard InChI is InChI=1S/C62H120O17P2/c1-7-9-11-13-14-15-22-28-34-40-46-61(66)78-57(50-72-59(64)44-38-30-12-10-8-2)52-76-80(68,69)74-48-56(63)49-75-81(70,71)77-53-58(79-62(67)47-41-35-29-24-19-17-21-26-32-37-43-55(5)6)51-73-60(65)45-39-33-27-23-18-16-20-25-31-36-42-54(3)4/h54-58,63H,7-53H2,1-6H3,(H,68,69)(H,70,71)/t56-,57+,58+/m0/s1. The number of esters is 4. The molecule has 0 aromatic carbocycles. The lowest BCUT2D eigenvalue weighted by Crippen LogP contribution is -2.30. The lowest BCUT2D eigenvalue weighted by atomic mass is 10.0. The molecule has 0 rings (SSSR count). The number of hydrogen-bond acceptors (Lipinski definition) is 15. The Hall–Kier alpha value is -1.94. The molecule has 0 saturated carbocycles. The molecule has 0 aromatic heterocycles. The normalized spacial score (nSPS) is 14.4. The third-order valence-corrected chi connectivity index (χ3v) is 16.1.